The van der Waals surface area contributed by atoms with Gasteiger partial charge in [0.05, 0.1) is 19.3 Å². The van der Waals surface area contributed by atoms with Crippen molar-refractivity contribution in [2.75, 3.05) is 39.3 Å². The van der Waals surface area contributed by atoms with Crippen molar-refractivity contribution in [3.63, 3.8) is 0 Å². The Hall–Kier alpha value is -1.92. The first-order chi connectivity index (χ1) is 12.3. The molecule has 0 radical (unpaired) electrons. The van der Waals surface area contributed by atoms with Gasteiger partial charge < -0.3 is 15.4 Å². The molecule has 144 valence electrons. The highest BCUT2D eigenvalue weighted by Gasteiger charge is 2.21. The van der Waals surface area contributed by atoms with Crippen molar-refractivity contribution in [2.45, 2.75) is 33.8 Å². The number of nitrogens with zero attached hydrogens (tertiary/aromatic N) is 1. The molecule has 2 N–H and O–H groups in total. The van der Waals surface area contributed by atoms with Gasteiger partial charge in [-0.15, -0.1) is 0 Å². The quantitative estimate of drug-likeness (QED) is 0.772. The van der Waals surface area contributed by atoms with Crippen molar-refractivity contribution >= 4 is 11.8 Å². The molecule has 6 heteroatoms. The van der Waals surface area contributed by atoms with Crippen LogP contribution in [0.2, 0.25) is 0 Å². The average Bonchev–Trinajstić information content (AvgIpc) is 2.60. The molecule has 1 aromatic rings. The maximum Gasteiger partial charge on any atom is 0.251 e. The molecular weight excluding hydrogens is 330 g/mol. The van der Waals surface area contributed by atoms with Crippen molar-refractivity contribution in [3.05, 3.63) is 34.9 Å². The van der Waals surface area contributed by atoms with Crippen molar-refractivity contribution in [1.29, 1.82) is 0 Å². The summed E-state index contributed by atoms with van der Waals surface area (Å²) in [5.41, 5.74) is 2.77. The zero-order valence-corrected chi connectivity index (χ0v) is 16.3. The molecule has 1 aliphatic heterocycles. The lowest BCUT2D eigenvalue weighted by molar-refractivity contribution is -0.121. The molecule has 0 aromatic heterocycles. The molecule has 1 aromatic carbocycles. The van der Waals surface area contributed by atoms with E-state index in [1.165, 1.54) is 0 Å². The maximum absolute atomic E-state index is 12.1. The Morgan fingerprint density at radius 1 is 1.23 bits per heavy atom. The minimum Gasteiger partial charge on any atom is -0.374 e. The number of hydrogen-bond donors (Lipinski definition) is 2. The third-order valence-corrected chi connectivity index (χ3v) is 4.55. The number of aryl methyl sites for hydroxylation is 2. The number of carbonyl (C=O) groups excluding carboxylic acids is 2. The number of rotatable bonds is 7. The van der Waals surface area contributed by atoms with Crippen LogP contribution in [0, 0.1) is 19.8 Å². The van der Waals surface area contributed by atoms with Gasteiger partial charge in [0.25, 0.3) is 5.91 Å². The second kappa shape index (κ2) is 9.69. The molecule has 1 atom stereocenters. The van der Waals surface area contributed by atoms with Crippen molar-refractivity contribution < 1.29 is 14.3 Å². The Labute approximate surface area is 156 Å². The molecule has 1 saturated heterocycles. The number of nitrogens with one attached hydrogen (secondary N) is 2. The smallest absolute Gasteiger partial charge is 0.251 e. The Balaban J connectivity index is 1.71. The summed E-state index contributed by atoms with van der Waals surface area (Å²) in [6, 6.07) is 5.52. The molecule has 0 spiro atoms. The topological polar surface area (TPSA) is 70.7 Å². The predicted octanol–water partition coefficient (Wildman–Crippen LogP) is 1.51. The number of ether oxygens (including phenoxy) is 1. The van der Waals surface area contributed by atoms with E-state index in [0.29, 0.717) is 24.6 Å². The number of benzene rings is 1. The van der Waals surface area contributed by atoms with Crippen LogP contribution in [-0.4, -0.2) is 62.1 Å². The Morgan fingerprint density at radius 3 is 2.69 bits per heavy atom. The van der Waals surface area contributed by atoms with Gasteiger partial charge in [0.15, 0.2) is 0 Å². The number of carbonyl (C=O) groups is 2. The first-order valence-corrected chi connectivity index (χ1v) is 9.31. The van der Waals surface area contributed by atoms with Gasteiger partial charge >= 0.3 is 0 Å². The summed E-state index contributed by atoms with van der Waals surface area (Å²) in [6.45, 7) is 12.3. The zero-order chi connectivity index (χ0) is 19.1. The van der Waals surface area contributed by atoms with Crippen LogP contribution in [0.25, 0.3) is 0 Å². The van der Waals surface area contributed by atoms with Crippen LogP contribution in [0.3, 0.4) is 0 Å². The lowest BCUT2D eigenvalue weighted by Gasteiger charge is -2.33. The van der Waals surface area contributed by atoms with E-state index in [0.717, 1.165) is 30.8 Å². The third kappa shape index (κ3) is 6.42. The highest BCUT2D eigenvalue weighted by Crippen LogP contribution is 2.09. The minimum absolute atomic E-state index is 0.00176. The van der Waals surface area contributed by atoms with E-state index in [2.05, 4.69) is 29.4 Å². The van der Waals surface area contributed by atoms with E-state index >= 15 is 0 Å². The molecule has 0 saturated carbocycles. The summed E-state index contributed by atoms with van der Waals surface area (Å²) in [7, 11) is 0. The summed E-state index contributed by atoms with van der Waals surface area (Å²) in [6.07, 6.45) is 0.00176. The molecule has 1 aliphatic rings. The second-order valence-corrected chi connectivity index (χ2v) is 7.43. The molecule has 2 rings (SSSR count). The molecular formula is C20H31N3O3. The van der Waals surface area contributed by atoms with Crippen molar-refractivity contribution in [3.8, 4) is 0 Å². The molecule has 2 amide bonds. The fraction of sp³-hybridized carbons (Fsp3) is 0.600. The fourth-order valence-corrected chi connectivity index (χ4v) is 3.02. The summed E-state index contributed by atoms with van der Waals surface area (Å²) in [4.78, 5) is 26.5. The molecule has 6 nitrogen and oxygen atoms in total. The third-order valence-electron chi connectivity index (χ3n) is 4.55. The maximum atomic E-state index is 12.1. The lowest BCUT2D eigenvalue weighted by atomic mass is 10.1. The van der Waals surface area contributed by atoms with Gasteiger partial charge in [-0.25, -0.2) is 0 Å². The van der Waals surface area contributed by atoms with E-state index in [4.69, 9.17) is 4.74 Å². The monoisotopic (exact) mass is 361 g/mol. The van der Waals surface area contributed by atoms with Gasteiger partial charge in [0.2, 0.25) is 5.91 Å². The fourth-order valence-electron chi connectivity index (χ4n) is 3.02. The average molecular weight is 361 g/mol. The number of hydrogen-bond acceptors (Lipinski definition) is 4. The van der Waals surface area contributed by atoms with E-state index in [1.807, 2.05) is 26.0 Å². The largest absolute Gasteiger partial charge is 0.374 e. The molecule has 1 heterocycles. The summed E-state index contributed by atoms with van der Waals surface area (Å²) < 4.78 is 5.72. The molecule has 0 unspecified atom stereocenters. The number of amides is 2. The minimum atomic E-state index is -0.236. The molecule has 0 bridgehead atoms. The highest BCUT2D eigenvalue weighted by atomic mass is 16.5. The van der Waals surface area contributed by atoms with E-state index in [1.54, 1.807) is 6.07 Å². The van der Waals surface area contributed by atoms with Gasteiger partial charge in [0, 0.05) is 31.7 Å². The molecule has 26 heavy (non-hydrogen) atoms. The normalized spacial score (nSPS) is 18.0. The van der Waals surface area contributed by atoms with E-state index in [9.17, 15) is 9.59 Å². The van der Waals surface area contributed by atoms with Crippen LogP contribution in [0.1, 0.15) is 35.3 Å². The first-order valence-electron chi connectivity index (χ1n) is 9.31. The second-order valence-electron chi connectivity index (χ2n) is 7.43. The lowest BCUT2D eigenvalue weighted by Crippen LogP contribution is -2.49. The van der Waals surface area contributed by atoms with Crippen LogP contribution < -0.4 is 10.6 Å². The number of morpholine rings is 1. The van der Waals surface area contributed by atoms with Gasteiger partial charge in [-0.2, -0.15) is 0 Å². The molecule has 0 aliphatic carbocycles. The molecule has 1 fully saturated rings. The van der Waals surface area contributed by atoms with Crippen LogP contribution >= 0.6 is 0 Å². The van der Waals surface area contributed by atoms with Crippen molar-refractivity contribution in [1.82, 2.24) is 15.5 Å². The van der Waals surface area contributed by atoms with E-state index < -0.39 is 0 Å². The van der Waals surface area contributed by atoms with Gasteiger partial charge in [0.1, 0.15) is 0 Å². The van der Waals surface area contributed by atoms with Crippen LogP contribution in [0.5, 0.6) is 0 Å². The van der Waals surface area contributed by atoms with E-state index in [-0.39, 0.29) is 24.5 Å². The SMILES string of the molecule is Cc1ccc(C(=O)NCC(=O)NC[C@H]2CN(CC(C)C)CCO2)cc1C. The van der Waals surface area contributed by atoms with Crippen LogP contribution in [0.15, 0.2) is 18.2 Å². The van der Waals surface area contributed by atoms with Crippen LogP contribution in [-0.2, 0) is 9.53 Å². The Bertz CT molecular complexity index is 631. The standard InChI is InChI=1S/C20H31N3O3/c1-14(2)12-23-7-8-26-18(13-23)10-21-19(24)11-22-20(25)17-6-5-15(3)16(4)9-17/h5-6,9,14,18H,7-8,10-13H2,1-4H3,(H,21,24)(H,22,25)/t18-/m0/s1. The zero-order valence-electron chi connectivity index (χ0n) is 16.3. The predicted molar refractivity (Wildman–Crippen MR) is 102 cm³/mol. The van der Waals surface area contributed by atoms with Crippen molar-refractivity contribution in [2.24, 2.45) is 5.92 Å². The Kier molecular flexibility index (Phi) is 7.60. The first kappa shape index (κ1) is 20.4. The summed E-state index contributed by atoms with van der Waals surface area (Å²) in [5, 5.41) is 5.51. The highest BCUT2D eigenvalue weighted by molar-refractivity contribution is 5.96. The Morgan fingerprint density at radius 2 is 2.00 bits per heavy atom. The summed E-state index contributed by atoms with van der Waals surface area (Å²) in [5.74, 6) is 0.177. The van der Waals surface area contributed by atoms with Crippen LogP contribution in [0.4, 0.5) is 0 Å². The van der Waals surface area contributed by atoms with Gasteiger partial charge in [-0.3, -0.25) is 14.5 Å². The van der Waals surface area contributed by atoms with Gasteiger partial charge in [-0.05, 0) is 43.0 Å². The summed E-state index contributed by atoms with van der Waals surface area (Å²) >= 11 is 0. The van der Waals surface area contributed by atoms with Gasteiger partial charge in [-0.1, -0.05) is 19.9 Å².